The maximum absolute atomic E-state index is 5.63. The zero-order chi connectivity index (χ0) is 20.5. The summed E-state index contributed by atoms with van der Waals surface area (Å²) in [6.07, 6.45) is 13.8. The molecule has 1 aliphatic rings. The Morgan fingerprint density at radius 2 is 1.97 bits per heavy atom. The van der Waals surface area contributed by atoms with Crippen molar-refractivity contribution >= 4 is 5.52 Å². The van der Waals surface area contributed by atoms with Gasteiger partial charge in [0, 0.05) is 30.1 Å². The van der Waals surface area contributed by atoms with Crippen LogP contribution < -0.4 is 5.32 Å². The van der Waals surface area contributed by atoms with E-state index in [1.807, 2.05) is 44.7 Å². The number of nitrogens with one attached hydrogen (secondary N) is 1. The first-order valence-corrected chi connectivity index (χ1v) is 10.5. The highest BCUT2D eigenvalue weighted by molar-refractivity contribution is 5.78. The molecule has 0 spiro atoms. The summed E-state index contributed by atoms with van der Waals surface area (Å²) in [4.78, 5) is 4.97. The third-order valence-corrected chi connectivity index (χ3v) is 5.69. The van der Waals surface area contributed by atoms with E-state index in [0.29, 0.717) is 19.3 Å². The van der Waals surface area contributed by atoms with Crippen LogP contribution in [0.2, 0.25) is 0 Å². The molecule has 0 radical (unpaired) electrons. The van der Waals surface area contributed by atoms with Gasteiger partial charge in [-0.3, -0.25) is 14.7 Å². The van der Waals surface area contributed by atoms with Gasteiger partial charge in [-0.25, -0.2) is 9.50 Å². The average Bonchev–Trinajstić information content (AvgIpc) is 3.55. The summed E-state index contributed by atoms with van der Waals surface area (Å²) in [5.41, 5.74) is 4.60. The second kappa shape index (κ2) is 8.00. The normalized spacial score (nSPS) is 16.8. The fraction of sp³-hybridized carbons (Fsp3) is 0.429. The molecule has 0 aromatic carbocycles. The van der Waals surface area contributed by atoms with Crippen LogP contribution in [0.1, 0.15) is 32.7 Å². The standard InChI is InChI=1S/C21H26N8O/c1-3-17(4-2)28-11-16(8-25-28)21-20-5-6-23-29(20)13-19(26-21)15-7-24-27(10-15)12-18-9-22-14-30-18/h5-8,10-11,13,17-18,22H,3-4,9,12,14H2,1-2H3. The summed E-state index contributed by atoms with van der Waals surface area (Å²) in [7, 11) is 0. The lowest BCUT2D eigenvalue weighted by Crippen LogP contribution is -2.20. The van der Waals surface area contributed by atoms with Gasteiger partial charge in [-0.15, -0.1) is 0 Å². The van der Waals surface area contributed by atoms with Crippen LogP contribution in [-0.4, -0.2) is 53.5 Å². The summed E-state index contributed by atoms with van der Waals surface area (Å²) in [5.74, 6) is 0. The van der Waals surface area contributed by atoms with Crippen molar-refractivity contribution < 1.29 is 4.74 Å². The van der Waals surface area contributed by atoms with Gasteiger partial charge in [-0.2, -0.15) is 15.3 Å². The van der Waals surface area contributed by atoms with Gasteiger partial charge in [0.05, 0.1) is 67.1 Å². The largest absolute Gasteiger partial charge is 0.360 e. The Balaban J connectivity index is 1.50. The monoisotopic (exact) mass is 406 g/mol. The van der Waals surface area contributed by atoms with E-state index in [0.717, 1.165) is 47.4 Å². The highest BCUT2D eigenvalue weighted by Gasteiger charge is 2.18. The third kappa shape index (κ3) is 3.50. The summed E-state index contributed by atoms with van der Waals surface area (Å²) >= 11 is 0. The molecule has 1 aliphatic heterocycles. The third-order valence-electron chi connectivity index (χ3n) is 5.69. The Morgan fingerprint density at radius 3 is 2.77 bits per heavy atom. The number of hydrogen-bond donors (Lipinski definition) is 1. The predicted octanol–water partition coefficient (Wildman–Crippen LogP) is 2.76. The van der Waals surface area contributed by atoms with Crippen molar-refractivity contribution in [1.82, 2.24) is 39.5 Å². The lowest BCUT2D eigenvalue weighted by Gasteiger charge is -2.12. The highest BCUT2D eigenvalue weighted by Crippen LogP contribution is 2.28. The van der Waals surface area contributed by atoms with E-state index in [9.17, 15) is 0 Å². The van der Waals surface area contributed by atoms with E-state index in [4.69, 9.17) is 9.72 Å². The number of nitrogens with zero attached hydrogens (tertiary/aromatic N) is 7. The van der Waals surface area contributed by atoms with E-state index in [2.05, 4.69) is 40.7 Å². The summed E-state index contributed by atoms with van der Waals surface area (Å²) in [5, 5.41) is 16.7. The maximum Gasteiger partial charge on any atom is 0.0999 e. The van der Waals surface area contributed by atoms with Crippen LogP contribution in [0.25, 0.3) is 28.0 Å². The van der Waals surface area contributed by atoms with Crippen LogP contribution in [0.4, 0.5) is 0 Å². The Bertz CT molecular complexity index is 1130. The molecule has 5 heterocycles. The second-order valence-corrected chi connectivity index (χ2v) is 7.65. The van der Waals surface area contributed by atoms with Gasteiger partial charge in [-0.1, -0.05) is 13.8 Å². The number of ether oxygens (including phenoxy) is 1. The first-order valence-electron chi connectivity index (χ1n) is 10.5. The Hall–Kier alpha value is -3.04. The molecule has 1 fully saturated rings. The molecule has 1 unspecified atom stereocenters. The molecule has 0 bridgehead atoms. The zero-order valence-corrected chi connectivity index (χ0v) is 17.3. The number of rotatable bonds is 7. The summed E-state index contributed by atoms with van der Waals surface area (Å²) in [6.45, 7) is 6.54. The molecular weight excluding hydrogens is 380 g/mol. The van der Waals surface area contributed by atoms with E-state index in [-0.39, 0.29) is 6.10 Å². The van der Waals surface area contributed by atoms with E-state index >= 15 is 0 Å². The van der Waals surface area contributed by atoms with E-state index < -0.39 is 0 Å². The minimum absolute atomic E-state index is 0.144. The molecule has 1 N–H and O–H groups in total. The van der Waals surface area contributed by atoms with Gasteiger partial charge >= 0.3 is 0 Å². The van der Waals surface area contributed by atoms with Crippen LogP contribution in [0.15, 0.2) is 43.2 Å². The average molecular weight is 406 g/mol. The zero-order valence-electron chi connectivity index (χ0n) is 17.3. The second-order valence-electron chi connectivity index (χ2n) is 7.65. The Kier molecular flexibility index (Phi) is 5.06. The van der Waals surface area contributed by atoms with Crippen molar-refractivity contribution in [2.75, 3.05) is 13.3 Å². The molecule has 156 valence electrons. The molecule has 1 saturated heterocycles. The van der Waals surface area contributed by atoms with Crippen LogP contribution in [0.5, 0.6) is 0 Å². The molecule has 9 nitrogen and oxygen atoms in total. The number of aromatic nitrogens is 7. The Morgan fingerprint density at radius 1 is 1.10 bits per heavy atom. The quantitative estimate of drug-likeness (QED) is 0.508. The first kappa shape index (κ1) is 19.0. The maximum atomic E-state index is 5.63. The van der Waals surface area contributed by atoms with E-state index in [1.54, 1.807) is 6.20 Å². The molecule has 0 amide bonds. The summed E-state index contributed by atoms with van der Waals surface area (Å²) < 4.78 is 11.4. The van der Waals surface area contributed by atoms with Crippen molar-refractivity contribution in [3.8, 4) is 22.5 Å². The topological polar surface area (TPSA) is 87.1 Å². The molecule has 0 saturated carbocycles. The van der Waals surface area contributed by atoms with Crippen LogP contribution in [0, 0.1) is 0 Å². The lowest BCUT2D eigenvalue weighted by atomic mass is 10.1. The van der Waals surface area contributed by atoms with Gasteiger partial charge < -0.3 is 4.74 Å². The minimum Gasteiger partial charge on any atom is -0.360 e. The van der Waals surface area contributed by atoms with Crippen molar-refractivity contribution in [2.45, 2.75) is 45.4 Å². The summed E-state index contributed by atoms with van der Waals surface area (Å²) in [6, 6.07) is 2.38. The molecule has 0 aliphatic carbocycles. The smallest absolute Gasteiger partial charge is 0.0999 e. The number of hydrogen-bond acceptors (Lipinski definition) is 6. The number of fused-ring (bicyclic) bond motifs is 1. The molecule has 5 rings (SSSR count). The van der Waals surface area contributed by atoms with Gasteiger partial charge in [0.15, 0.2) is 0 Å². The predicted molar refractivity (Wildman–Crippen MR) is 113 cm³/mol. The SMILES string of the molecule is CCC(CC)n1cc(-c2nc(-c3cnn(CC4CNCO4)c3)cn3nccc23)cn1. The van der Waals surface area contributed by atoms with Crippen molar-refractivity contribution in [3.63, 3.8) is 0 Å². The van der Waals surface area contributed by atoms with Gasteiger partial charge in [0.2, 0.25) is 0 Å². The fourth-order valence-corrected chi connectivity index (χ4v) is 3.98. The van der Waals surface area contributed by atoms with Crippen molar-refractivity contribution in [3.05, 3.63) is 43.2 Å². The molecule has 4 aromatic rings. The van der Waals surface area contributed by atoms with Crippen LogP contribution >= 0.6 is 0 Å². The highest BCUT2D eigenvalue weighted by atomic mass is 16.5. The molecular formula is C21H26N8O. The van der Waals surface area contributed by atoms with Crippen LogP contribution in [0.3, 0.4) is 0 Å². The van der Waals surface area contributed by atoms with Crippen molar-refractivity contribution in [1.29, 1.82) is 0 Å². The van der Waals surface area contributed by atoms with Gasteiger partial charge in [0.25, 0.3) is 0 Å². The molecule has 9 heteroatoms. The fourth-order valence-electron chi connectivity index (χ4n) is 3.98. The van der Waals surface area contributed by atoms with Crippen molar-refractivity contribution in [2.24, 2.45) is 0 Å². The van der Waals surface area contributed by atoms with Gasteiger partial charge in [0.1, 0.15) is 0 Å². The first-order chi connectivity index (χ1) is 14.7. The Labute approximate surface area is 174 Å². The van der Waals surface area contributed by atoms with Crippen LogP contribution in [-0.2, 0) is 11.3 Å². The molecule has 1 atom stereocenters. The minimum atomic E-state index is 0.144. The molecule has 30 heavy (non-hydrogen) atoms. The lowest BCUT2D eigenvalue weighted by molar-refractivity contribution is 0.0971. The van der Waals surface area contributed by atoms with Gasteiger partial charge in [-0.05, 0) is 18.9 Å². The molecule has 4 aromatic heterocycles. The van der Waals surface area contributed by atoms with E-state index in [1.165, 1.54) is 0 Å².